The topological polar surface area (TPSA) is 47.9 Å². The summed E-state index contributed by atoms with van der Waals surface area (Å²) in [4.78, 5) is 13.1. The molecule has 0 aliphatic carbocycles. The van der Waals surface area contributed by atoms with Gasteiger partial charge in [0.2, 0.25) is 0 Å². The first-order valence-corrected chi connectivity index (χ1v) is 10.7. The summed E-state index contributed by atoms with van der Waals surface area (Å²) in [6.45, 7) is 3.79. The molecule has 2 aromatic rings. The molecule has 0 saturated carbocycles. The van der Waals surface area contributed by atoms with Crippen molar-refractivity contribution in [3.05, 3.63) is 64.1 Å². The van der Waals surface area contributed by atoms with Gasteiger partial charge < -0.3 is 0 Å². The van der Waals surface area contributed by atoms with Crippen LogP contribution >= 0.6 is 23.2 Å². The highest BCUT2D eigenvalue weighted by atomic mass is 35.5. The summed E-state index contributed by atoms with van der Waals surface area (Å²) in [6, 6.07) is 15.3. The van der Waals surface area contributed by atoms with Crippen LogP contribution in [-0.2, 0) is 4.79 Å². The number of halogens is 2. The van der Waals surface area contributed by atoms with Crippen LogP contribution in [0.25, 0.3) is 0 Å². The molecule has 1 fully saturated rings. The van der Waals surface area contributed by atoms with Gasteiger partial charge in [0.1, 0.15) is 5.71 Å². The Labute approximate surface area is 181 Å². The summed E-state index contributed by atoms with van der Waals surface area (Å²) >= 11 is 12.6. The van der Waals surface area contributed by atoms with Crippen molar-refractivity contribution in [3.8, 4) is 0 Å². The number of benzene rings is 2. The Hall–Kier alpha value is -2.08. The number of anilines is 1. The van der Waals surface area contributed by atoms with E-state index in [-0.39, 0.29) is 17.9 Å². The Morgan fingerprint density at radius 2 is 1.79 bits per heavy atom. The van der Waals surface area contributed by atoms with Crippen LogP contribution in [-0.4, -0.2) is 29.7 Å². The van der Waals surface area contributed by atoms with E-state index in [1.54, 1.807) is 12.1 Å². The van der Waals surface area contributed by atoms with E-state index in [9.17, 15) is 4.79 Å². The molecule has 29 heavy (non-hydrogen) atoms. The molecular weight excluding hydrogens is 407 g/mol. The van der Waals surface area contributed by atoms with Gasteiger partial charge in [0, 0.05) is 24.0 Å². The van der Waals surface area contributed by atoms with Gasteiger partial charge in [-0.05, 0) is 36.6 Å². The minimum absolute atomic E-state index is 0.103. The van der Waals surface area contributed by atoms with Gasteiger partial charge in [0.15, 0.2) is 0 Å². The number of hydrogen-bond acceptors (Lipinski definition) is 4. The fourth-order valence-corrected chi connectivity index (χ4v) is 4.54. The number of piperidine rings is 1. The average molecular weight is 431 g/mol. The summed E-state index contributed by atoms with van der Waals surface area (Å²) in [5.74, 6) is -0.248. The number of carbonyl (C=O) groups is 1. The molecule has 1 N–H and O–H groups in total. The van der Waals surface area contributed by atoms with Crippen molar-refractivity contribution >= 4 is 40.5 Å². The van der Waals surface area contributed by atoms with E-state index in [1.165, 1.54) is 6.42 Å². The normalized spacial score (nSPS) is 22.4. The second-order valence-electron chi connectivity index (χ2n) is 7.56. The zero-order chi connectivity index (χ0) is 20.4. The maximum atomic E-state index is 13.1. The van der Waals surface area contributed by atoms with Crippen molar-refractivity contribution in [1.29, 1.82) is 0 Å². The van der Waals surface area contributed by atoms with Crippen molar-refractivity contribution in [2.45, 2.75) is 32.2 Å². The Bertz CT molecular complexity index is 912. The van der Waals surface area contributed by atoms with Crippen LogP contribution in [0.3, 0.4) is 0 Å². The van der Waals surface area contributed by atoms with Crippen molar-refractivity contribution in [2.24, 2.45) is 11.0 Å². The molecule has 2 aromatic carbocycles. The minimum Gasteiger partial charge on any atom is -0.284 e. The van der Waals surface area contributed by atoms with Gasteiger partial charge in [-0.3, -0.25) is 15.2 Å². The van der Waals surface area contributed by atoms with Gasteiger partial charge in [0.25, 0.3) is 5.91 Å². The van der Waals surface area contributed by atoms with Crippen LogP contribution in [0.2, 0.25) is 10.0 Å². The highest BCUT2D eigenvalue weighted by Crippen LogP contribution is 2.42. The first-order valence-electron chi connectivity index (χ1n) is 9.98. The number of hydrazine groups is 1. The fourth-order valence-electron chi connectivity index (χ4n) is 4.04. The van der Waals surface area contributed by atoms with Crippen molar-refractivity contribution in [2.75, 3.05) is 18.1 Å². The van der Waals surface area contributed by atoms with Crippen LogP contribution in [0.15, 0.2) is 53.6 Å². The summed E-state index contributed by atoms with van der Waals surface area (Å²) < 4.78 is 0. The molecule has 152 valence electrons. The Kier molecular flexibility index (Phi) is 6.09. The SMILES string of the molecule is C[C@H]1C(C(=O)NN2CCCCC2)=NN(c2ccc(Cl)cc2Cl)[C@H]1c1ccccc1. The largest absolute Gasteiger partial charge is 0.284 e. The highest BCUT2D eigenvalue weighted by Gasteiger charge is 2.40. The van der Waals surface area contributed by atoms with Crippen LogP contribution in [0, 0.1) is 5.92 Å². The molecule has 0 unspecified atom stereocenters. The predicted molar refractivity (Wildman–Crippen MR) is 118 cm³/mol. The van der Waals surface area contributed by atoms with E-state index in [1.807, 2.05) is 41.2 Å². The third kappa shape index (κ3) is 4.27. The molecule has 4 rings (SSSR count). The van der Waals surface area contributed by atoms with Gasteiger partial charge in [0.05, 0.1) is 16.8 Å². The van der Waals surface area contributed by atoms with E-state index in [0.29, 0.717) is 15.8 Å². The smallest absolute Gasteiger partial charge is 0.282 e. The zero-order valence-electron chi connectivity index (χ0n) is 16.3. The molecule has 0 bridgehead atoms. The van der Waals surface area contributed by atoms with Crippen molar-refractivity contribution in [1.82, 2.24) is 10.4 Å². The molecule has 0 spiro atoms. The Balaban J connectivity index is 1.67. The third-order valence-corrected chi connectivity index (χ3v) is 6.07. The molecule has 1 saturated heterocycles. The molecule has 2 aliphatic heterocycles. The molecule has 0 aromatic heterocycles. The van der Waals surface area contributed by atoms with E-state index in [4.69, 9.17) is 28.3 Å². The lowest BCUT2D eigenvalue weighted by molar-refractivity contribution is -0.120. The van der Waals surface area contributed by atoms with E-state index < -0.39 is 0 Å². The lowest BCUT2D eigenvalue weighted by Crippen LogP contribution is -2.48. The molecule has 2 atom stereocenters. The zero-order valence-corrected chi connectivity index (χ0v) is 17.8. The van der Waals surface area contributed by atoms with E-state index in [0.717, 1.165) is 37.2 Å². The van der Waals surface area contributed by atoms with Gasteiger partial charge in [-0.1, -0.05) is 66.9 Å². The molecule has 0 radical (unpaired) electrons. The van der Waals surface area contributed by atoms with Crippen LogP contribution in [0.5, 0.6) is 0 Å². The summed E-state index contributed by atoms with van der Waals surface area (Å²) in [5, 5.41) is 9.66. The number of rotatable bonds is 4. The second-order valence-corrected chi connectivity index (χ2v) is 8.40. The predicted octanol–water partition coefficient (Wildman–Crippen LogP) is 5.06. The number of nitrogens with one attached hydrogen (secondary N) is 1. The summed E-state index contributed by atoms with van der Waals surface area (Å²) in [7, 11) is 0. The number of amides is 1. The quantitative estimate of drug-likeness (QED) is 0.736. The number of hydrazone groups is 1. The monoisotopic (exact) mass is 430 g/mol. The van der Waals surface area contributed by atoms with Gasteiger partial charge in [-0.15, -0.1) is 0 Å². The number of hydrogen-bond donors (Lipinski definition) is 1. The standard InChI is InChI=1S/C22H24Cl2N4O/c1-15-20(22(29)26-27-12-6-3-7-13-27)25-28(19-11-10-17(23)14-18(19)24)21(15)16-8-4-2-5-9-16/h2,4-5,8-11,14-15,21H,3,6-7,12-13H2,1H3,(H,26,29)/t15-,21+/m0/s1. The lowest BCUT2D eigenvalue weighted by Gasteiger charge is -2.28. The van der Waals surface area contributed by atoms with Gasteiger partial charge in [-0.2, -0.15) is 5.10 Å². The van der Waals surface area contributed by atoms with E-state index >= 15 is 0 Å². The average Bonchev–Trinajstić information content (AvgIpc) is 3.06. The highest BCUT2D eigenvalue weighted by molar-refractivity contribution is 6.41. The van der Waals surface area contributed by atoms with Crippen molar-refractivity contribution in [3.63, 3.8) is 0 Å². The maximum Gasteiger partial charge on any atom is 0.282 e. The van der Waals surface area contributed by atoms with Crippen molar-refractivity contribution < 1.29 is 4.79 Å². The third-order valence-electron chi connectivity index (χ3n) is 5.53. The molecule has 5 nitrogen and oxygen atoms in total. The lowest BCUT2D eigenvalue weighted by atomic mass is 9.91. The van der Waals surface area contributed by atoms with Crippen LogP contribution in [0.4, 0.5) is 5.69 Å². The number of carbonyl (C=O) groups excluding carboxylic acids is 1. The molecule has 2 aliphatic rings. The molecule has 7 heteroatoms. The second kappa shape index (κ2) is 8.74. The molecular formula is C22H24Cl2N4O. The van der Waals surface area contributed by atoms with Gasteiger partial charge in [-0.25, -0.2) is 5.01 Å². The fraction of sp³-hybridized carbons (Fsp3) is 0.364. The minimum atomic E-state index is -0.145. The van der Waals surface area contributed by atoms with Gasteiger partial charge >= 0.3 is 0 Å². The van der Waals surface area contributed by atoms with Crippen LogP contribution < -0.4 is 10.4 Å². The maximum absolute atomic E-state index is 13.1. The first-order chi connectivity index (χ1) is 14.0. The Morgan fingerprint density at radius 1 is 1.07 bits per heavy atom. The number of nitrogens with zero attached hydrogens (tertiary/aromatic N) is 3. The molecule has 1 amide bonds. The summed E-state index contributed by atoms with van der Waals surface area (Å²) in [5.41, 5.74) is 5.36. The first kappa shape index (κ1) is 20.2. The Morgan fingerprint density at radius 3 is 2.48 bits per heavy atom. The van der Waals surface area contributed by atoms with E-state index in [2.05, 4.69) is 17.6 Å². The molecule has 2 heterocycles. The van der Waals surface area contributed by atoms with Crippen LogP contribution in [0.1, 0.15) is 37.8 Å². The summed E-state index contributed by atoms with van der Waals surface area (Å²) in [6.07, 6.45) is 3.41.